The summed E-state index contributed by atoms with van der Waals surface area (Å²) in [5.74, 6) is 0.458. The van der Waals surface area contributed by atoms with Crippen LogP contribution in [0.25, 0.3) is 0 Å². The van der Waals surface area contributed by atoms with E-state index in [2.05, 4.69) is 20.4 Å². The summed E-state index contributed by atoms with van der Waals surface area (Å²) in [7, 11) is 0. The summed E-state index contributed by atoms with van der Waals surface area (Å²) in [6.45, 7) is 3.94. The molecule has 1 aromatic heterocycles. The Balaban J connectivity index is 1.24. The Labute approximate surface area is 183 Å². The minimum atomic E-state index is -0.667. The molecular formula is C21H23N5O6. The van der Waals surface area contributed by atoms with Crippen LogP contribution in [0.15, 0.2) is 22.7 Å². The van der Waals surface area contributed by atoms with Gasteiger partial charge in [0.25, 0.3) is 11.8 Å². The second kappa shape index (κ2) is 8.67. The van der Waals surface area contributed by atoms with Gasteiger partial charge in [-0.2, -0.15) is 4.98 Å². The Morgan fingerprint density at radius 2 is 2.03 bits per heavy atom. The van der Waals surface area contributed by atoms with Crippen molar-refractivity contribution >= 4 is 17.7 Å². The van der Waals surface area contributed by atoms with Crippen LogP contribution < -0.4 is 10.1 Å². The number of imide groups is 1. The van der Waals surface area contributed by atoms with Crippen LogP contribution in [0.1, 0.15) is 40.5 Å². The Morgan fingerprint density at radius 3 is 2.84 bits per heavy atom. The maximum Gasteiger partial charge on any atom is 0.264 e. The number of fused-ring (bicyclic) bond motifs is 1. The fourth-order valence-corrected chi connectivity index (χ4v) is 4.20. The Morgan fingerprint density at radius 1 is 1.19 bits per heavy atom. The highest BCUT2D eigenvalue weighted by molar-refractivity contribution is 6.05. The fraction of sp³-hybridized carbons (Fsp3) is 0.476. The molecule has 3 aliphatic rings. The third kappa shape index (κ3) is 4.08. The number of morpholine rings is 1. The van der Waals surface area contributed by atoms with Crippen molar-refractivity contribution in [2.75, 3.05) is 26.3 Å². The number of amides is 3. The molecule has 5 rings (SSSR count). The number of carbonyl (C=O) groups is 3. The molecule has 0 aliphatic carbocycles. The number of ether oxygens (including phenoxy) is 2. The molecule has 1 aromatic carbocycles. The lowest BCUT2D eigenvalue weighted by Gasteiger charge is -2.29. The van der Waals surface area contributed by atoms with E-state index in [1.54, 1.807) is 18.2 Å². The van der Waals surface area contributed by atoms with Gasteiger partial charge in [0.05, 0.1) is 26.3 Å². The largest absolute Gasteiger partial charge is 0.483 e. The molecule has 168 valence electrons. The summed E-state index contributed by atoms with van der Waals surface area (Å²) in [5, 5.41) is 6.32. The molecule has 4 heterocycles. The molecule has 0 radical (unpaired) electrons. The molecule has 1 N–H and O–H groups in total. The molecule has 3 amide bonds. The Kier molecular flexibility index (Phi) is 5.58. The molecular weight excluding hydrogens is 418 g/mol. The summed E-state index contributed by atoms with van der Waals surface area (Å²) >= 11 is 0. The highest BCUT2D eigenvalue weighted by Crippen LogP contribution is 2.33. The fourth-order valence-electron chi connectivity index (χ4n) is 4.20. The third-order valence-corrected chi connectivity index (χ3v) is 5.87. The lowest BCUT2D eigenvalue weighted by molar-refractivity contribution is -0.136. The number of piperidine rings is 1. The number of hydrogen-bond donors (Lipinski definition) is 1. The van der Waals surface area contributed by atoms with Crippen LogP contribution in [-0.4, -0.2) is 70.0 Å². The van der Waals surface area contributed by atoms with Crippen LogP contribution in [0.4, 0.5) is 0 Å². The van der Waals surface area contributed by atoms with Gasteiger partial charge >= 0.3 is 0 Å². The third-order valence-electron chi connectivity index (χ3n) is 5.87. The Bertz CT molecular complexity index is 1050. The van der Waals surface area contributed by atoms with Crippen molar-refractivity contribution in [3.63, 3.8) is 0 Å². The first-order chi connectivity index (χ1) is 15.6. The van der Waals surface area contributed by atoms with Crippen LogP contribution >= 0.6 is 0 Å². The molecule has 0 spiro atoms. The monoisotopic (exact) mass is 441 g/mol. The molecule has 0 saturated carbocycles. The van der Waals surface area contributed by atoms with E-state index in [1.165, 1.54) is 4.90 Å². The number of nitrogens with zero attached hydrogens (tertiary/aromatic N) is 4. The van der Waals surface area contributed by atoms with Crippen LogP contribution in [0.5, 0.6) is 5.75 Å². The molecule has 11 heteroatoms. The summed E-state index contributed by atoms with van der Waals surface area (Å²) < 4.78 is 16.5. The van der Waals surface area contributed by atoms with E-state index in [1.807, 2.05) is 0 Å². The molecule has 32 heavy (non-hydrogen) atoms. The maximum atomic E-state index is 12.9. The number of rotatable bonds is 6. The van der Waals surface area contributed by atoms with Crippen LogP contribution in [0, 0.1) is 0 Å². The van der Waals surface area contributed by atoms with Gasteiger partial charge in [0, 0.05) is 30.6 Å². The zero-order chi connectivity index (χ0) is 22.1. The van der Waals surface area contributed by atoms with Crippen molar-refractivity contribution in [3.8, 4) is 5.75 Å². The Hall–Kier alpha value is -3.31. The first-order valence-electron chi connectivity index (χ1n) is 10.6. The molecule has 2 fully saturated rings. The van der Waals surface area contributed by atoms with Gasteiger partial charge in [-0.25, -0.2) is 0 Å². The topological polar surface area (TPSA) is 127 Å². The zero-order valence-electron chi connectivity index (χ0n) is 17.4. The van der Waals surface area contributed by atoms with Gasteiger partial charge in [0.2, 0.25) is 11.8 Å². The minimum Gasteiger partial charge on any atom is -0.483 e. The summed E-state index contributed by atoms with van der Waals surface area (Å²) in [4.78, 5) is 44.6. The first kappa shape index (κ1) is 20.6. The van der Waals surface area contributed by atoms with E-state index in [-0.39, 0.29) is 31.4 Å². The number of aromatic nitrogens is 2. The molecule has 2 saturated heterocycles. The predicted octanol–water partition coefficient (Wildman–Crippen LogP) is 0.242. The van der Waals surface area contributed by atoms with E-state index in [0.29, 0.717) is 54.8 Å². The van der Waals surface area contributed by atoms with Crippen molar-refractivity contribution in [1.29, 1.82) is 0 Å². The number of hydrogen-bond acceptors (Lipinski definition) is 9. The predicted molar refractivity (Wildman–Crippen MR) is 107 cm³/mol. The number of nitrogens with one attached hydrogen (secondary N) is 1. The van der Waals surface area contributed by atoms with Gasteiger partial charge < -0.3 is 18.9 Å². The van der Waals surface area contributed by atoms with E-state index >= 15 is 0 Å². The first-order valence-corrected chi connectivity index (χ1v) is 10.6. The molecule has 2 aromatic rings. The van der Waals surface area contributed by atoms with E-state index in [0.717, 1.165) is 13.1 Å². The normalized spacial score (nSPS) is 21.6. The highest BCUT2D eigenvalue weighted by atomic mass is 16.5. The molecule has 3 aliphatic heterocycles. The second-order valence-electron chi connectivity index (χ2n) is 7.96. The van der Waals surface area contributed by atoms with Crippen molar-refractivity contribution in [2.24, 2.45) is 0 Å². The van der Waals surface area contributed by atoms with Crippen molar-refractivity contribution in [2.45, 2.75) is 38.6 Å². The minimum absolute atomic E-state index is 0.0686. The van der Waals surface area contributed by atoms with Gasteiger partial charge in [-0.3, -0.25) is 24.6 Å². The number of carbonyl (C=O) groups excluding carboxylic acids is 3. The van der Waals surface area contributed by atoms with Gasteiger partial charge in [0.15, 0.2) is 12.4 Å². The average Bonchev–Trinajstić information content (AvgIpc) is 3.38. The zero-order valence-corrected chi connectivity index (χ0v) is 17.4. The van der Waals surface area contributed by atoms with Crippen molar-refractivity contribution < 1.29 is 28.4 Å². The lowest BCUT2D eigenvalue weighted by atomic mass is 10.0. The molecule has 0 bridgehead atoms. The SMILES string of the molecule is O=C1CCC(N2Cc3c(OCc4nc(CN5CCOCC5)no4)cccc3C2=O)C(=O)N1. The standard InChI is InChI=1S/C21H23N5O6/c27-18-5-4-15(20(28)23-18)26-10-14-13(21(26)29)2-1-3-16(14)31-12-19-22-17(24-32-19)11-25-6-8-30-9-7-25/h1-3,15H,4-12H2,(H,23,27,28). The molecule has 1 atom stereocenters. The summed E-state index contributed by atoms with van der Waals surface area (Å²) in [5.41, 5.74) is 1.20. The van der Waals surface area contributed by atoms with Crippen LogP contribution in [0.2, 0.25) is 0 Å². The van der Waals surface area contributed by atoms with Crippen LogP contribution in [0.3, 0.4) is 0 Å². The molecule has 11 nitrogen and oxygen atoms in total. The average molecular weight is 441 g/mol. The maximum absolute atomic E-state index is 12.9. The quantitative estimate of drug-likeness (QED) is 0.627. The van der Waals surface area contributed by atoms with Gasteiger partial charge in [-0.05, 0) is 18.6 Å². The highest BCUT2D eigenvalue weighted by Gasteiger charge is 2.40. The molecule has 1 unspecified atom stereocenters. The smallest absolute Gasteiger partial charge is 0.264 e. The van der Waals surface area contributed by atoms with Gasteiger partial charge in [-0.1, -0.05) is 11.2 Å². The summed E-state index contributed by atoms with van der Waals surface area (Å²) in [6, 6.07) is 4.55. The summed E-state index contributed by atoms with van der Waals surface area (Å²) in [6.07, 6.45) is 0.526. The van der Waals surface area contributed by atoms with Gasteiger partial charge in [0.1, 0.15) is 11.8 Å². The van der Waals surface area contributed by atoms with E-state index in [4.69, 9.17) is 14.0 Å². The lowest BCUT2D eigenvalue weighted by Crippen LogP contribution is -2.52. The second-order valence-corrected chi connectivity index (χ2v) is 7.96. The van der Waals surface area contributed by atoms with E-state index < -0.39 is 11.9 Å². The van der Waals surface area contributed by atoms with Gasteiger partial charge in [-0.15, -0.1) is 0 Å². The van der Waals surface area contributed by atoms with Crippen molar-refractivity contribution in [1.82, 2.24) is 25.3 Å². The van der Waals surface area contributed by atoms with E-state index in [9.17, 15) is 14.4 Å². The van der Waals surface area contributed by atoms with Crippen molar-refractivity contribution in [3.05, 3.63) is 41.0 Å². The number of benzene rings is 1. The van der Waals surface area contributed by atoms with Crippen LogP contribution in [-0.2, 0) is 34.0 Å².